The second-order valence-electron chi connectivity index (χ2n) is 7.93. The van der Waals surface area contributed by atoms with Gasteiger partial charge >= 0.3 is 0 Å². The molecule has 0 bridgehead atoms. The monoisotopic (exact) mass is 468 g/mol. The number of amides is 1. The van der Waals surface area contributed by atoms with Crippen molar-refractivity contribution in [3.63, 3.8) is 0 Å². The number of para-hydroxylation sites is 2. The molecule has 0 saturated carbocycles. The first-order chi connectivity index (χ1) is 16.0. The molecule has 0 unspecified atom stereocenters. The molecule has 1 aromatic heterocycles. The first kappa shape index (κ1) is 21.3. The van der Waals surface area contributed by atoms with Crippen molar-refractivity contribution in [1.82, 2.24) is 14.5 Å². The number of piperazine rings is 1. The highest BCUT2D eigenvalue weighted by Crippen LogP contribution is 2.34. The third-order valence-electron chi connectivity index (χ3n) is 6.08. The number of nitrogens with zero attached hydrogens (tertiary/aromatic N) is 3. The van der Waals surface area contributed by atoms with Crippen LogP contribution in [0.5, 0.6) is 17.2 Å². The lowest BCUT2D eigenvalue weighted by molar-refractivity contribution is -0.131. The zero-order chi connectivity index (χ0) is 22.9. The number of rotatable bonds is 5. The van der Waals surface area contributed by atoms with Gasteiger partial charge in [0.05, 0.1) is 23.7 Å². The third-order valence-corrected chi connectivity index (χ3v) is 6.41. The number of hydrogen-bond donors (Lipinski definition) is 1. The molecule has 1 fully saturated rings. The molecule has 2 aliphatic rings. The summed E-state index contributed by atoms with van der Waals surface area (Å²) >= 11 is 5.39. The van der Waals surface area contributed by atoms with Crippen LogP contribution in [0.15, 0.2) is 41.2 Å². The van der Waals surface area contributed by atoms with Crippen molar-refractivity contribution in [3.8, 4) is 17.2 Å². The fourth-order valence-electron chi connectivity index (χ4n) is 4.30. The number of methoxy groups -OCH3 is 1. The number of fused-ring (bicyclic) bond motifs is 2. The van der Waals surface area contributed by atoms with Crippen LogP contribution in [0.4, 0.5) is 5.69 Å². The highest BCUT2D eigenvalue weighted by molar-refractivity contribution is 7.71. The number of carbonyl (C=O) groups excluding carboxylic acids is 1. The molecule has 0 aliphatic carbocycles. The smallest absolute Gasteiger partial charge is 0.262 e. The van der Waals surface area contributed by atoms with E-state index in [1.165, 1.54) is 4.57 Å². The van der Waals surface area contributed by atoms with Crippen molar-refractivity contribution < 1.29 is 19.0 Å². The van der Waals surface area contributed by atoms with Gasteiger partial charge in [-0.05, 0) is 30.4 Å². The van der Waals surface area contributed by atoms with Gasteiger partial charge in [-0.25, -0.2) is 0 Å². The van der Waals surface area contributed by atoms with Crippen LogP contribution in [-0.4, -0.2) is 60.4 Å². The number of H-pyrrole nitrogens is 1. The summed E-state index contributed by atoms with van der Waals surface area (Å²) in [6, 6.07) is 11.2. The number of anilines is 1. The lowest BCUT2D eigenvalue weighted by Gasteiger charge is -2.36. The predicted octanol–water partition coefficient (Wildman–Crippen LogP) is 2.54. The molecule has 5 rings (SSSR count). The molecule has 2 aromatic carbocycles. The summed E-state index contributed by atoms with van der Waals surface area (Å²) < 4.78 is 17.9. The van der Waals surface area contributed by atoms with Crippen LogP contribution in [0.25, 0.3) is 10.9 Å². The Labute approximate surface area is 195 Å². The highest BCUT2D eigenvalue weighted by Gasteiger charge is 2.23. The number of nitrogens with one attached hydrogen (secondary N) is 1. The minimum atomic E-state index is -0.249. The van der Waals surface area contributed by atoms with E-state index in [1.807, 2.05) is 29.2 Å². The topological polar surface area (TPSA) is 89.0 Å². The van der Waals surface area contributed by atoms with Crippen molar-refractivity contribution >= 4 is 34.7 Å². The molecule has 9 nitrogen and oxygen atoms in total. The van der Waals surface area contributed by atoms with Gasteiger partial charge in [0.1, 0.15) is 5.75 Å². The number of benzene rings is 2. The molecule has 0 spiro atoms. The van der Waals surface area contributed by atoms with Gasteiger partial charge in [-0.15, -0.1) is 0 Å². The molecule has 1 amide bonds. The summed E-state index contributed by atoms with van der Waals surface area (Å²) in [5.41, 5.74) is 1.37. The molecule has 10 heteroatoms. The first-order valence-corrected chi connectivity index (χ1v) is 11.2. The molecule has 0 atom stereocenters. The highest BCUT2D eigenvalue weighted by atomic mass is 32.1. The molecule has 0 radical (unpaired) electrons. The van der Waals surface area contributed by atoms with Gasteiger partial charge in [-0.1, -0.05) is 12.1 Å². The van der Waals surface area contributed by atoms with Crippen molar-refractivity contribution in [1.29, 1.82) is 0 Å². The normalized spacial score (nSPS) is 15.2. The summed E-state index contributed by atoms with van der Waals surface area (Å²) in [4.78, 5) is 33.0. The number of hydrogen-bond acceptors (Lipinski definition) is 7. The van der Waals surface area contributed by atoms with Crippen molar-refractivity contribution in [3.05, 3.63) is 51.5 Å². The van der Waals surface area contributed by atoms with Gasteiger partial charge in [-0.3, -0.25) is 14.2 Å². The molecule has 33 heavy (non-hydrogen) atoms. The van der Waals surface area contributed by atoms with Gasteiger partial charge in [0, 0.05) is 45.2 Å². The van der Waals surface area contributed by atoms with Crippen LogP contribution in [0.3, 0.4) is 0 Å². The van der Waals surface area contributed by atoms with Crippen LogP contribution in [0, 0.1) is 4.77 Å². The van der Waals surface area contributed by atoms with Crippen LogP contribution < -0.4 is 24.7 Å². The Bertz CT molecular complexity index is 1330. The van der Waals surface area contributed by atoms with Gasteiger partial charge < -0.3 is 29.0 Å². The van der Waals surface area contributed by atoms with Crippen LogP contribution in [0.1, 0.15) is 6.42 Å². The van der Waals surface area contributed by atoms with E-state index in [0.29, 0.717) is 35.5 Å². The van der Waals surface area contributed by atoms with Gasteiger partial charge in [0.25, 0.3) is 5.56 Å². The van der Waals surface area contributed by atoms with E-state index in [0.717, 1.165) is 24.5 Å². The van der Waals surface area contributed by atoms with Crippen molar-refractivity contribution in [2.45, 2.75) is 13.0 Å². The zero-order valence-electron chi connectivity index (χ0n) is 18.2. The van der Waals surface area contributed by atoms with Gasteiger partial charge in [0.15, 0.2) is 16.3 Å². The fourth-order valence-corrected chi connectivity index (χ4v) is 4.58. The van der Waals surface area contributed by atoms with Crippen molar-refractivity contribution in [2.75, 3.05) is 45.0 Å². The average Bonchev–Trinajstić information content (AvgIpc) is 3.30. The Morgan fingerprint density at radius 1 is 1.12 bits per heavy atom. The van der Waals surface area contributed by atoms with Gasteiger partial charge in [-0.2, -0.15) is 0 Å². The largest absolute Gasteiger partial charge is 0.495 e. The van der Waals surface area contributed by atoms with Gasteiger partial charge in [0.2, 0.25) is 12.7 Å². The predicted molar refractivity (Wildman–Crippen MR) is 126 cm³/mol. The van der Waals surface area contributed by atoms with Crippen molar-refractivity contribution in [2.24, 2.45) is 0 Å². The number of aromatic amines is 1. The maximum absolute atomic E-state index is 13.0. The van der Waals surface area contributed by atoms with Crippen LogP contribution in [-0.2, 0) is 11.3 Å². The number of aromatic nitrogens is 2. The van der Waals surface area contributed by atoms with E-state index in [-0.39, 0.29) is 36.0 Å². The Balaban J connectivity index is 1.26. The number of ether oxygens (including phenoxy) is 3. The molecule has 2 aliphatic heterocycles. The SMILES string of the molecule is COc1ccccc1N1CCN(C(=O)CCn2c(=S)[nH]c3cc4c(cc3c2=O)OCO4)CC1. The second kappa shape index (κ2) is 8.78. The standard InChI is InChI=1S/C23H24N4O5S/c1-30-18-5-3-2-4-17(18)25-8-10-26(11-9-25)21(28)6-7-27-22(29)15-12-19-20(32-14-31-19)13-16(15)24-23(27)33/h2-5,12-13H,6-11,14H2,1H3,(H,24,33). The van der Waals surface area contributed by atoms with E-state index < -0.39 is 0 Å². The van der Waals surface area contributed by atoms with E-state index in [4.69, 9.17) is 26.4 Å². The number of carbonyl (C=O) groups is 1. The summed E-state index contributed by atoms with van der Waals surface area (Å²) in [5, 5.41) is 0.450. The lowest BCUT2D eigenvalue weighted by Crippen LogP contribution is -2.49. The minimum Gasteiger partial charge on any atom is -0.495 e. The molecule has 1 N–H and O–H groups in total. The molecule has 1 saturated heterocycles. The Kier molecular flexibility index (Phi) is 5.67. The maximum atomic E-state index is 13.0. The molecular weight excluding hydrogens is 444 g/mol. The van der Waals surface area contributed by atoms with Crippen LogP contribution in [0.2, 0.25) is 0 Å². The minimum absolute atomic E-state index is 0.00163. The maximum Gasteiger partial charge on any atom is 0.262 e. The molecule has 3 aromatic rings. The lowest BCUT2D eigenvalue weighted by atomic mass is 10.2. The molecule has 172 valence electrons. The summed E-state index contributed by atoms with van der Waals surface area (Å²) in [5.74, 6) is 1.93. The summed E-state index contributed by atoms with van der Waals surface area (Å²) in [7, 11) is 1.66. The van der Waals surface area contributed by atoms with E-state index in [1.54, 1.807) is 19.2 Å². The molecular formula is C23H24N4O5S. The average molecular weight is 469 g/mol. The quantitative estimate of drug-likeness (QED) is 0.576. The Hall–Kier alpha value is -3.53. The zero-order valence-corrected chi connectivity index (χ0v) is 19.0. The van der Waals surface area contributed by atoms with E-state index in [2.05, 4.69) is 9.88 Å². The van der Waals surface area contributed by atoms with Crippen LogP contribution >= 0.6 is 12.2 Å². The molecule has 3 heterocycles. The van der Waals surface area contributed by atoms with E-state index in [9.17, 15) is 9.59 Å². The van der Waals surface area contributed by atoms with E-state index >= 15 is 0 Å². The third kappa shape index (κ3) is 4.02. The Morgan fingerprint density at radius 2 is 1.85 bits per heavy atom. The second-order valence-corrected chi connectivity index (χ2v) is 8.31. The Morgan fingerprint density at radius 3 is 2.61 bits per heavy atom. The summed E-state index contributed by atoms with van der Waals surface area (Å²) in [6.45, 7) is 2.99. The summed E-state index contributed by atoms with van der Waals surface area (Å²) in [6.07, 6.45) is 0.197. The first-order valence-electron chi connectivity index (χ1n) is 10.8. The fraction of sp³-hybridized carbons (Fsp3) is 0.348.